The van der Waals surface area contributed by atoms with Crippen LogP contribution in [0.25, 0.3) is 0 Å². The fourth-order valence-electron chi connectivity index (χ4n) is 2.81. The predicted molar refractivity (Wildman–Crippen MR) is 60.8 cm³/mol. The van der Waals surface area contributed by atoms with E-state index in [0.717, 1.165) is 24.2 Å². The first-order valence-electron chi connectivity index (χ1n) is 6.14. The molecule has 5 heteroatoms. The number of rotatable bonds is 2. The Morgan fingerprint density at radius 1 is 1.47 bits per heavy atom. The Morgan fingerprint density at radius 3 is 2.65 bits per heavy atom. The van der Waals surface area contributed by atoms with Gasteiger partial charge in [-0.15, -0.1) is 0 Å². The molecule has 2 aliphatic rings. The minimum atomic E-state index is -0.709. The Kier molecular flexibility index (Phi) is 3.05. The molecule has 3 amide bonds. The van der Waals surface area contributed by atoms with E-state index in [1.807, 2.05) is 6.07 Å². The molecule has 0 radical (unpaired) electrons. The van der Waals surface area contributed by atoms with Gasteiger partial charge in [0.05, 0.1) is 6.07 Å². The number of carbonyl (C=O) groups is 2. The number of amides is 3. The number of imide groups is 1. The van der Waals surface area contributed by atoms with Crippen LogP contribution in [0.15, 0.2) is 0 Å². The third-order valence-electron chi connectivity index (χ3n) is 4.01. The Balaban J connectivity index is 2.11. The van der Waals surface area contributed by atoms with E-state index in [4.69, 9.17) is 5.26 Å². The molecule has 1 heterocycles. The van der Waals surface area contributed by atoms with Crippen LogP contribution in [0.2, 0.25) is 0 Å². The monoisotopic (exact) mass is 235 g/mol. The van der Waals surface area contributed by atoms with Crippen molar-refractivity contribution in [2.24, 2.45) is 5.92 Å². The van der Waals surface area contributed by atoms with Crippen molar-refractivity contribution in [2.45, 2.75) is 44.6 Å². The van der Waals surface area contributed by atoms with Crippen molar-refractivity contribution in [1.82, 2.24) is 10.2 Å². The molecule has 0 aromatic heterocycles. The minimum Gasteiger partial charge on any atom is -0.323 e. The topological polar surface area (TPSA) is 73.2 Å². The average molecular weight is 235 g/mol. The van der Waals surface area contributed by atoms with Gasteiger partial charge in [-0.3, -0.25) is 4.79 Å². The van der Waals surface area contributed by atoms with Gasteiger partial charge >= 0.3 is 6.03 Å². The third kappa shape index (κ3) is 1.88. The van der Waals surface area contributed by atoms with Gasteiger partial charge in [0.15, 0.2) is 0 Å². The molecule has 1 aliphatic heterocycles. The summed E-state index contributed by atoms with van der Waals surface area (Å²) >= 11 is 0. The van der Waals surface area contributed by atoms with Crippen LogP contribution in [0.4, 0.5) is 4.79 Å². The number of urea groups is 1. The lowest BCUT2D eigenvalue weighted by Gasteiger charge is -2.34. The van der Waals surface area contributed by atoms with E-state index >= 15 is 0 Å². The van der Waals surface area contributed by atoms with Crippen LogP contribution in [0.5, 0.6) is 0 Å². The molecule has 5 nitrogen and oxygen atoms in total. The Bertz CT molecular complexity index is 378. The lowest BCUT2D eigenvalue weighted by Crippen LogP contribution is -2.49. The van der Waals surface area contributed by atoms with Crippen molar-refractivity contribution in [2.75, 3.05) is 6.54 Å². The Morgan fingerprint density at radius 2 is 2.12 bits per heavy atom. The Labute approximate surface area is 101 Å². The van der Waals surface area contributed by atoms with E-state index < -0.39 is 11.6 Å². The minimum absolute atomic E-state index is 0.149. The van der Waals surface area contributed by atoms with Gasteiger partial charge in [-0.2, -0.15) is 5.26 Å². The first-order valence-corrected chi connectivity index (χ1v) is 6.14. The van der Waals surface area contributed by atoms with Crippen LogP contribution < -0.4 is 5.32 Å². The zero-order chi connectivity index (χ0) is 12.5. The summed E-state index contributed by atoms with van der Waals surface area (Å²) in [5.41, 5.74) is -0.709. The number of hydrogen-bond acceptors (Lipinski definition) is 3. The van der Waals surface area contributed by atoms with Crippen LogP contribution >= 0.6 is 0 Å². The molecule has 1 aliphatic carbocycles. The second kappa shape index (κ2) is 4.36. The lowest BCUT2D eigenvalue weighted by atomic mass is 9.75. The molecule has 0 unspecified atom stereocenters. The zero-order valence-electron chi connectivity index (χ0n) is 10.0. The van der Waals surface area contributed by atoms with Crippen molar-refractivity contribution >= 4 is 11.9 Å². The average Bonchev–Trinajstić information content (AvgIpc) is 2.56. The standard InChI is InChI=1S/C12H17N3O2/c1-2-9-3-5-12(6-4-9)10(16)15(8-7-13)11(17)14-12/h9H,2-6,8H2,1H3,(H,14,17). The summed E-state index contributed by atoms with van der Waals surface area (Å²) in [6.07, 6.45) is 4.49. The van der Waals surface area contributed by atoms with Crippen molar-refractivity contribution in [1.29, 1.82) is 5.26 Å². The molecule has 1 saturated heterocycles. The third-order valence-corrected chi connectivity index (χ3v) is 4.01. The molecule has 1 saturated carbocycles. The molecule has 2 fully saturated rings. The number of nitrogens with zero attached hydrogens (tertiary/aromatic N) is 2. The largest absolute Gasteiger partial charge is 0.325 e. The molecule has 2 rings (SSSR count). The van der Waals surface area contributed by atoms with Gasteiger partial charge < -0.3 is 5.32 Å². The van der Waals surface area contributed by atoms with Gasteiger partial charge in [0.25, 0.3) is 5.91 Å². The van der Waals surface area contributed by atoms with E-state index in [1.165, 1.54) is 0 Å². The summed E-state index contributed by atoms with van der Waals surface area (Å²) in [6, 6.07) is 1.45. The molecule has 0 aromatic carbocycles. The summed E-state index contributed by atoms with van der Waals surface area (Å²) in [4.78, 5) is 24.8. The quantitative estimate of drug-likeness (QED) is 0.580. The molecular formula is C12H17N3O2. The normalized spacial score (nSPS) is 32.7. The fraction of sp³-hybridized carbons (Fsp3) is 0.750. The molecular weight excluding hydrogens is 218 g/mol. The van der Waals surface area contributed by atoms with Gasteiger partial charge in [0.2, 0.25) is 0 Å². The summed E-state index contributed by atoms with van der Waals surface area (Å²) in [6.45, 7) is 2.00. The molecule has 17 heavy (non-hydrogen) atoms. The van der Waals surface area contributed by atoms with E-state index in [9.17, 15) is 9.59 Å². The SMILES string of the molecule is CCC1CCC2(CC1)NC(=O)N(CC#N)C2=O. The number of carbonyl (C=O) groups excluding carboxylic acids is 2. The maximum absolute atomic E-state index is 12.2. The van der Waals surface area contributed by atoms with Gasteiger partial charge in [-0.1, -0.05) is 13.3 Å². The van der Waals surface area contributed by atoms with Crippen molar-refractivity contribution in [3.8, 4) is 6.07 Å². The fourth-order valence-corrected chi connectivity index (χ4v) is 2.81. The molecule has 0 aromatic rings. The highest BCUT2D eigenvalue weighted by Crippen LogP contribution is 2.37. The number of nitrogens with one attached hydrogen (secondary N) is 1. The highest BCUT2D eigenvalue weighted by molar-refractivity contribution is 6.07. The Hall–Kier alpha value is -1.57. The second-order valence-electron chi connectivity index (χ2n) is 4.91. The van der Waals surface area contributed by atoms with Gasteiger partial charge in [-0.05, 0) is 31.6 Å². The maximum atomic E-state index is 12.2. The molecule has 0 bridgehead atoms. The molecule has 1 spiro atoms. The van der Waals surface area contributed by atoms with Crippen molar-refractivity contribution in [3.63, 3.8) is 0 Å². The van der Waals surface area contributed by atoms with Crippen LogP contribution in [0.3, 0.4) is 0 Å². The summed E-state index contributed by atoms with van der Waals surface area (Å²) in [5.74, 6) is 0.453. The zero-order valence-corrected chi connectivity index (χ0v) is 10.0. The second-order valence-corrected chi connectivity index (χ2v) is 4.91. The van der Waals surface area contributed by atoms with E-state index in [2.05, 4.69) is 12.2 Å². The smallest absolute Gasteiger partial charge is 0.323 e. The van der Waals surface area contributed by atoms with Gasteiger partial charge in [0.1, 0.15) is 12.1 Å². The molecule has 0 atom stereocenters. The first kappa shape index (κ1) is 11.9. The highest BCUT2D eigenvalue weighted by Gasteiger charge is 2.52. The van der Waals surface area contributed by atoms with Crippen LogP contribution in [-0.4, -0.2) is 28.9 Å². The summed E-state index contributed by atoms with van der Waals surface area (Å²) in [5, 5.41) is 11.4. The van der Waals surface area contributed by atoms with Gasteiger partial charge in [0, 0.05) is 0 Å². The summed E-state index contributed by atoms with van der Waals surface area (Å²) in [7, 11) is 0. The highest BCUT2D eigenvalue weighted by atomic mass is 16.2. The predicted octanol–water partition coefficient (Wildman–Crippen LogP) is 1.40. The van der Waals surface area contributed by atoms with Crippen molar-refractivity contribution in [3.05, 3.63) is 0 Å². The van der Waals surface area contributed by atoms with Crippen molar-refractivity contribution < 1.29 is 9.59 Å². The van der Waals surface area contributed by atoms with E-state index in [-0.39, 0.29) is 12.5 Å². The van der Waals surface area contributed by atoms with Gasteiger partial charge in [-0.25, -0.2) is 9.69 Å². The lowest BCUT2D eigenvalue weighted by molar-refractivity contribution is -0.132. The van der Waals surface area contributed by atoms with Crippen LogP contribution in [0.1, 0.15) is 39.0 Å². The van der Waals surface area contributed by atoms with E-state index in [0.29, 0.717) is 18.8 Å². The first-order chi connectivity index (χ1) is 8.13. The number of nitriles is 1. The van der Waals surface area contributed by atoms with E-state index in [1.54, 1.807) is 0 Å². The molecule has 1 N–H and O–H groups in total. The summed E-state index contributed by atoms with van der Waals surface area (Å²) < 4.78 is 0. The maximum Gasteiger partial charge on any atom is 0.325 e. The van der Waals surface area contributed by atoms with Crippen LogP contribution in [-0.2, 0) is 4.79 Å². The number of hydrogen-bond donors (Lipinski definition) is 1. The molecule has 92 valence electrons. The van der Waals surface area contributed by atoms with Crippen LogP contribution in [0, 0.1) is 17.2 Å².